The van der Waals surface area contributed by atoms with Gasteiger partial charge in [0.1, 0.15) is 0 Å². The molecule has 0 atom stereocenters. The minimum absolute atomic E-state index is 0.245. The maximum atomic E-state index is 9.59. The monoisotopic (exact) mass is 220 g/mol. The van der Waals surface area contributed by atoms with Gasteiger partial charge in [-0.3, -0.25) is 4.79 Å². The van der Waals surface area contributed by atoms with Crippen molar-refractivity contribution in [2.75, 3.05) is 33.5 Å². The summed E-state index contributed by atoms with van der Waals surface area (Å²) in [5.41, 5.74) is 0. The van der Waals surface area contributed by atoms with Gasteiger partial charge in [-0.2, -0.15) is 0 Å². The first-order chi connectivity index (χ1) is 7.18. The first kappa shape index (κ1) is 16.8. The van der Waals surface area contributed by atoms with Crippen molar-refractivity contribution in [1.82, 2.24) is 0 Å². The average Bonchev–Trinajstić information content (AvgIpc) is 2.24. The first-order valence-electron chi connectivity index (χ1n) is 5.39. The van der Waals surface area contributed by atoms with Crippen LogP contribution in [0.2, 0.25) is 0 Å². The van der Waals surface area contributed by atoms with Crippen LogP contribution in [0.15, 0.2) is 0 Å². The van der Waals surface area contributed by atoms with E-state index in [0.717, 1.165) is 39.3 Å². The Morgan fingerprint density at radius 3 is 1.47 bits per heavy atom. The molecule has 0 saturated carbocycles. The fourth-order valence-corrected chi connectivity index (χ4v) is 0.611. The normalized spacial score (nSPS) is 9.07. The van der Waals surface area contributed by atoms with Gasteiger partial charge in [-0.05, 0) is 12.8 Å². The highest BCUT2D eigenvalue weighted by atomic mass is 16.5. The van der Waals surface area contributed by atoms with E-state index in [9.17, 15) is 4.79 Å². The molecule has 0 saturated heterocycles. The molecule has 0 N–H and O–H groups in total. The zero-order chi connectivity index (χ0) is 11.9. The zero-order valence-corrected chi connectivity index (χ0v) is 10.4. The maximum Gasteiger partial charge on any atom is 0.302 e. The van der Waals surface area contributed by atoms with Crippen molar-refractivity contribution < 1.29 is 19.0 Å². The molecule has 0 radical (unpaired) electrons. The molecule has 0 aliphatic carbocycles. The van der Waals surface area contributed by atoms with Gasteiger partial charge in [-0.25, -0.2) is 0 Å². The number of carbonyl (C=O) groups is 1. The summed E-state index contributed by atoms with van der Waals surface area (Å²) in [6, 6.07) is 0. The van der Waals surface area contributed by atoms with Gasteiger partial charge < -0.3 is 14.2 Å². The van der Waals surface area contributed by atoms with Gasteiger partial charge in [0.2, 0.25) is 0 Å². The lowest BCUT2D eigenvalue weighted by Gasteiger charge is -2.02. The Labute approximate surface area is 92.9 Å². The summed E-state index contributed by atoms with van der Waals surface area (Å²) in [5, 5.41) is 0. The van der Waals surface area contributed by atoms with Gasteiger partial charge in [0.05, 0.1) is 20.3 Å². The molecule has 15 heavy (non-hydrogen) atoms. The fourth-order valence-electron chi connectivity index (χ4n) is 0.611. The van der Waals surface area contributed by atoms with E-state index in [0.29, 0.717) is 0 Å². The van der Waals surface area contributed by atoms with Gasteiger partial charge in [0.25, 0.3) is 0 Å². The zero-order valence-electron chi connectivity index (χ0n) is 10.4. The standard InChI is InChI=1S/C8H18O2.C3H6O2/c1-3-5-9-7-8-10-6-4-2;1-3(4)5-2/h3-8H2,1-2H3;1-2H3. The molecule has 0 aromatic rings. The Balaban J connectivity index is 0. The third-order valence-corrected chi connectivity index (χ3v) is 1.36. The molecule has 0 aliphatic rings. The van der Waals surface area contributed by atoms with E-state index in [1.165, 1.54) is 14.0 Å². The molecule has 0 amide bonds. The Morgan fingerprint density at radius 1 is 0.933 bits per heavy atom. The Bertz CT molecular complexity index is 118. The number of hydrogen-bond donors (Lipinski definition) is 0. The summed E-state index contributed by atoms with van der Waals surface area (Å²) in [5.74, 6) is -0.245. The molecular weight excluding hydrogens is 196 g/mol. The topological polar surface area (TPSA) is 44.8 Å². The molecule has 0 aromatic carbocycles. The highest BCUT2D eigenvalue weighted by Gasteiger charge is 1.85. The quantitative estimate of drug-likeness (QED) is 0.486. The van der Waals surface area contributed by atoms with Crippen LogP contribution in [0.1, 0.15) is 33.6 Å². The largest absolute Gasteiger partial charge is 0.469 e. The van der Waals surface area contributed by atoms with Crippen LogP contribution in [0.3, 0.4) is 0 Å². The van der Waals surface area contributed by atoms with Gasteiger partial charge in [0, 0.05) is 20.1 Å². The average molecular weight is 220 g/mol. The van der Waals surface area contributed by atoms with Crippen LogP contribution in [-0.2, 0) is 19.0 Å². The second kappa shape index (κ2) is 15.8. The van der Waals surface area contributed by atoms with Crippen LogP contribution >= 0.6 is 0 Å². The molecule has 0 fully saturated rings. The second-order valence-electron chi connectivity index (χ2n) is 2.92. The number of hydrogen-bond acceptors (Lipinski definition) is 4. The van der Waals surface area contributed by atoms with Crippen molar-refractivity contribution in [1.29, 1.82) is 0 Å². The van der Waals surface area contributed by atoms with Crippen molar-refractivity contribution in [2.24, 2.45) is 0 Å². The van der Waals surface area contributed by atoms with E-state index in [-0.39, 0.29) is 5.97 Å². The third kappa shape index (κ3) is 24.7. The summed E-state index contributed by atoms with van der Waals surface area (Å²) < 4.78 is 14.5. The van der Waals surface area contributed by atoms with Crippen LogP contribution in [0.25, 0.3) is 0 Å². The summed E-state index contributed by atoms with van der Waals surface area (Å²) in [4.78, 5) is 9.59. The summed E-state index contributed by atoms with van der Waals surface area (Å²) in [6.45, 7) is 8.77. The molecule has 0 aromatic heterocycles. The predicted molar refractivity (Wildman–Crippen MR) is 59.9 cm³/mol. The molecule has 0 bridgehead atoms. The summed E-state index contributed by atoms with van der Waals surface area (Å²) in [6.07, 6.45) is 2.18. The van der Waals surface area contributed by atoms with Gasteiger partial charge in [-0.15, -0.1) is 0 Å². The smallest absolute Gasteiger partial charge is 0.302 e. The molecular formula is C11H24O4. The Hall–Kier alpha value is -0.610. The van der Waals surface area contributed by atoms with Crippen molar-refractivity contribution >= 4 is 5.97 Å². The first-order valence-corrected chi connectivity index (χ1v) is 5.39. The number of ether oxygens (including phenoxy) is 3. The van der Waals surface area contributed by atoms with E-state index < -0.39 is 0 Å². The molecule has 92 valence electrons. The molecule has 0 rings (SSSR count). The number of rotatable bonds is 7. The molecule has 0 unspecified atom stereocenters. The van der Waals surface area contributed by atoms with Crippen molar-refractivity contribution in [3.05, 3.63) is 0 Å². The van der Waals surface area contributed by atoms with Crippen molar-refractivity contribution in [2.45, 2.75) is 33.6 Å². The van der Waals surface area contributed by atoms with Crippen LogP contribution in [0.4, 0.5) is 0 Å². The lowest BCUT2D eigenvalue weighted by molar-refractivity contribution is -0.137. The SMILES string of the molecule is CCCOCCOCCC.COC(C)=O. The molecule has 0 aliphatic heterocycles. The lowest BCUT2D eigenvalue weighted by atomic mass is 10.5. The van der Waals surface area contributed by atoms with Crippen molar-refractivity contribution in [3.8, 4) is 0 Å². The fraction of sp³-hybridized carbons (Fsp3) is 0.909. The lowest BCUT2D eigenvalue weighted by Crippen LogP contribution is -2.04. The summed E-state index contributed by atoms with van der Waals surface area (Å²) >= 11 is 0. The second-order valence-corrected chi connectivity index (χ2v) is 2.92. The maximum absolute atomic E-state index is 9.59. The minimum Gasteiger partial charge on any atom is -0.469 e. The van der Waals surface area contributed by atoms with Crippen LogP contribution in [0.5, 0.6) is 0 Å². The highest BCUT2D eigenvalue weighted by molar-refractivity contribution is 5.65. The van der Waals surface area contributed by atoms with Gasteiger partial charge >= 0.3 is 5.97 Å². The molecule has 0 spiro atoms. The van der Waals surface area contributed by atoms with Crippen LogP contribution < -0.4 is 0 Å². The molecule has 0 heterocycles. The number of carbonyl (C=O) groups excluding carboxylic acids is 1. The van der Waals surface area contributed by atoms with Crippen molar-refractivity contribution in [3.63, 3.8) is 0 Å². The van der Waals surface area contributed by atoms with Gasteiger partial charge in [0.15, 0.2) is 0 Å². The van der Waals surface area contributed by atoms with Crippen LogP contribution in [0, 0.1) is 0 Å². The van der Waals surface area contributed by atoms with E-state index in [1.54, 1.807) is 0 Å². The summed E-state index contributed by atoms with van der Waals surface area (Å²) in [7, 11) is 1.35. The van der Waals surface area contributed by atoms with Gasteiger partial charge in [-0.1, -0.05) is 13.8 Å². The van der Waals surface area contributed by atoms with E-state index in [1.807, 2.05) is 0 Å². The van der Waals surface area contributed by atoms with Crippen LogP contribution in [-0.4, -0.2) is 39.5 Å². The molecule has 4 heteroatoms. The molecule has 4 nitrogen and oxygen atoms in total. The number of methoxy groups -OCH3 is 1. The van der Waals surface area contributed by atoms with E-state index in [4.69, 9.17) is 9.47 Å². The Kier molecular flexibility index (Phi) is 17.8. The van der Waals surface area contributed by atoms with E-state index >= 15 is 0 Å². The Morgan fingerprint density at radius 2 is 1.27 bits per heavy atom. The predicted octanol–water partition coefficient (Wildman–Crippen LogP) is 2.02. The van der Waals surface area contributed by atoms with E-state index in [2.05, 4.69) is 18.6 Å². The number of esters is 1. The third-order valence-electron chi connectivity index (χ3n) is 1.36. The highest BCUT2D eigenvalue weighted by Crippen LogP contribution is 1.83. The minimum atomic E-state index is -0.245.